The van der Waals surface area contributed by atoms with Crippen molar-refractivity contribution in [1.82, 2.24) is 10.2 Å². The molecule has 4 heteroatoms. The van der Waals surface area contributed by atoms with E-state index in [4.69, 9.17) is 0 Å². The Balaban J connectivity index is 2.01. The zero-order valence-electron chi connectivity index (χ0n) is 12.7. The van der Waals surface area contributed by atoms with E-state index in [2.05, 4.69) is 30.3 Å². The highest BCUT2D eigenvalue weighted by Crippen LogP contribution is 2.32. The number of thioether (sulfide) groups is 1. The summed E-state index contributed by atoms with van der Waals surface area (Å²) in [7, 11) is 0. The molecular weight excluding hydrogens is 256 g/mol. The molecule has 1 aliphatic carbocycles. The van der Waals surface area contributed by atoms with E-state index < -0.39 is 0 Å². The maximum absolute atomic E-state index is 12.4. The van der Waals surface area contributed by atoms with Crippen molar-refractivity contribution < 1.29 is 4.79 Å². The van der Waals surface area contributed by atoms with Gasteiger partial charge in [-0.15, -0.1) is 0 Å². The van der Waals surface area contributed by atoms with Gasteiger partial charge in [-0.25, -0.2) is 0 Å². The Bertz CT molecular complexity index is 313. The maximum Gasteiger partial charge on any atom is 0.240 e. The first kappa shape index (κ1) is 15.2. The van der Waals surface area contributed by atoms with Gasteiger partial charge >= 0.3 is 0 Å². The van der Waals surface area contributed by atoms with Crippen molar-refractivity contribution in [2.24, 2.45) is 5.92 Å². The predicted octanol–water partition coefficient (Wildman–Crippen LogP) is 2.85. The first-order valence-corrected chi connectivity index (χ1v) is 8.92. The Labute approximate surface area is 121 Å². The standard InChI is InChI=1S/C15H28N2OS/c1-10(2)9-14-16-11(3)15(18)17(14)12-5-7-13(19-4)8-6-12/h10-14,16H,5-9H2,1-4H3. The molecule has 2 unspecified atom stereocenters. The van der Waals surface area contributed by atoms with Gasteiger partial charge in [-0.3, -0.25) is 10.1 Å². The van der Waals surface area contributed by atoms with E-state index in [-0.39, 0.29) is 12.2 Å². The van der Waals surface area contributed by atoms with Gasteiger partial charge in [0.25, 0.3) is 0 Å². The second-order valence-electron chi connectivity index (χ2n) is 6.45. The lowest BCUT2D eigenvalue weighted by Crippen LogP contribution is -2.47. The van der Waals surface area contributed by atoms with E-state index >= 15 is 0 Å². The molecule has 2 aliphatic rings. The number of rotatable bonds is 4. The highest BCUT2D eigenvalue weighted by atomic mass is 32.2. The average Bonchev–Trinajstić information content (AvgIpc) is 2.64. The molecule has 0 spiro atoms. The molecule has 110 valence electrons. The van der Waals surface area contributed by atoms with Crippen LogP contribution in [0.3, 0.4) is 0 Å². The van der Waals surface area contributed by atoms with Crippen LogP contribution in [-0.2, 0) is 4.79 Å². The third-order valence-electron chi connectivity index (χ3n) is 4.47. The molecule has 1 heterocycles. The van der Waals surface area contributed by atoms with Crippen molar-refractivity contribution in [3.63, 3.8) is 0 Å². The van der Waals surface area contributed by atoms with Crippen LogP contribution in [0, 0.1) is 5.92 Å². The maximum atomic E-state index is 12.4. The summed E-state index contributed by atoms with van der Waals surface area (Å²) in [5.74, 6) is 0.943. The molecule has 0 bridgehead atoms. The fourth-order valence-electron chi connectivity index (χ4n) is 3.44. The average molecular weight is 284 g/mol. The topological polar surface area (TPSA) is 32.3 Å². The lowest BCUT2D eigenvalue weighted by atomic mass is 9.93. The SMILES string of the molecule is CSC1CCC(N2C(=O)C(C)NC2CC(C)C)CC1. The first-order valence-electron chi connectivity index (χ1n) is 7.64. The lowest BCUT2D eigenvalue weighted by molar-refractivity contribution is -0.132. The van der Waals surface area contributed by atoms with Crippen LogP contribution in [-0.4, -0.2) is 40.6 Å². The number of nitrogens with one attached hydrogen (secondary N) is 1. The van der Waals surface area contributed by atoms with E-state index in [1.807, 2.05) is 18.7 Å². The van der Waals surface area contributed by atoms with Crippen LogP contribution in [0.25, 0.3) is 0 Å². The summed E-state index contributed by atoms with van der Waals surface area (Å²) < 4.78 is 0. The van der Waals surface area contributed by atoms with Gasteiger partial charge < -0.3 is 4.90 Å². The van der Waals surface area contributed by atoms with Gasteiger partial charge in [-0.1, -0.05) is 13.8 Å². The third-order valence-corrected chi connectivity index (χ3v) is 5.61. The molecule has 1 aliphatic heterocycles. The Hall–Kier alpha value is -0.220. The minimum absolute atomic E-state index is 0.00187. The highest BCUT2D eigenvalue weighted by Gasteiger charge is 2.41. The lowest BCUT2D eigenvalue weighted by Gasteiger charge is -2.37. The molecule has 0 aromatic rings. The molecule has 19 heavy (non-hydrogen) atoms. The molecule has 0 aromatic heterocycles. The van der Waals surface area contributed by atoms with Gasteiger partial charge in [-0.2, -0.15) is 11.8 Å². The van der Waals surface area contributed by atoms with E-state index in [1.54, 1.807) is 0 Å². The zero-order valence-corrected chi connectivity index (χ0v) is 13.5. The quantitative estimate of drug-likeness (QED) is 0.861. The summed E-state index contributed by atoms with van der Waals surface area (Å²) in [4.78, 5) is 14.6. The first-order chi connectivity index (χ1) is 9.02. The molecular formula is C15H28N2OS. The number of carbonyl (C=O) groups excluding carboxylic acids is 1. The van der Waals surface area contributed by atoms with Gasteiger partial charge in [0.2, 0.25) is 5.91 Å². The molecule has 1 N–H and O–H groups in total. The molecule has 1 saturated carbocycles. The number of hydrogen-bond acceptors (Lipinski definition) is 3. The van der Waals surface area contributed by atoms with Gasteiger partial charge in [-0.05, 0) is 51.2 Å². The van der Waals surface area contributed by atoms with E-state index in [0.29, 0.717) is 17.9 Å². The largest absolute Gasteiger partial charge is 0.323 e. The van der Waals surface area contributed by atoms with Gasteiger partial charge in [0, 0.05) is 11.3 Å². The second-order valence-corrected chi connectivity index (χ2v) is 7.58. The fraction of sp³-hybridized carbons (Fsp3) is 0.933. The van der Waals surface area contributed by atoms with Gasteiger partial charge in [0.05, 0.1) is 12.2 Å². The molecule has 1 saturated heterocycles. The summed E-state index contributed by atoms with van der Waals surface area (Å²) >= 11 is 1.98. The zero-order chi connectivity index (χ0) is 14.0. The fourth-order valence-corrected chi connectivity index (χ4v) is 4.18. The van der Waals surface area contributed by atoms with Crippen LogP contribution < -0.4 is 5.32 Å². The van der Waals surface area contributed by atoms with Gasteiger partial charge in [0.15, 0.2) is 0 Å². The molecule has 2 fully saturated rings. The van der Waals surface area contributed by atoms with Crippen molar-refractivity contribution in [3.8, 4) is 0 Å². The monoisotopic (exact) mass is 284 g/mol. The van der Waals surface area contributed by atoms with Crippen LogP contribution >= 0.6 is 11.8 Å². The molecule has 3 nitrogen and oxygen atoms in total. The highest BCUT2D eigenvalue weighted by molar-refractivity contribution is 7.99. The summed E-state index contributed by atoms with van der Waals surface area (Å²) in [6.45, 7) is 6.47. The summed E-state index contributed by atoms with van der Waals surface area (Å²) in [5.41, 5.74) is 0. The van der Waals surface area contributed by atoms with Crippen molar-refractivity contribution in [2.75, 3.05) is 6.26 Å². The molecule has 1 amide bonds. The Morgan fingerprint density at radius 2 is 1.95 bits per heavy atom. The Morgan fingerprint density at radius 3 is 2.47 bits per heavy atom. The van der Waals surface area contributed by atoms with Crippen molar-refractivity contribution in [3.05, 3.63) is 0 Å². The van der Waals surface area contributed by atoms with Crippen LogP contribution in [0.5, 0.6) is 0 Å². The second kappa shape index (κ2) is 6.49. The van der Waals surface area contributed by atoms with Crippen LogP contribution in [0.1, 0.15) is 52.9 Å². The number of carbonyl (C=O) groups is 1. The number of nitrogens with zero attached hydrogens (tertiary/aromatic N) is 1. The minimum atomic E-state index is 0.00187. The van der Waals surface area contributed by atoms with Crippen LogP contribution in [0.4, 0.5) is 0 Å². The van der Waals surface area contributed by atoms with E-state index in [0.717, 1.165) is 11.7 Å². The van der Waals surface area contributed by atoms with Crippen molar-refractivity contribution in [2.45, 2.75) is 76.4 Å². The Morgan fingerprint density at radius 1 is 1.32 bits per heavy atom. The summed E-state index contributed by atoms with van der Waals surface area (Å²) in [6.07, 6.45) is 8.42. The molecule has 0 radical (unpaired) electrons. The smallest absolute Gasteiger partial charge is 0.240 e. The Kier molecular flexibility index (Phi) is 5.18. The van der Waals surface area contributed by atoms with E-state index in [9.17, 15) is 4.79 Å². The third kappa shape index (κ3) is 3.46. The molecule has 2 atom stereocenters. The van der Waals surface area contributed by atoms with Crippen LogP contribution in [0.2, 0.25) is 0 Å². The van der Waals surface area contributed by atoms with E-state index in [1.165, 1.54) is 25.7 Å². The number of amides is 1. The summed E-state index contributed by atoms with van der Waals surface area (Å²) in [6, 6.07) is 0.471. The number of hydrogen-bond donors (Lipinski definition) is 1. The van der Waals surface area contributed by atoms with Crippen LogP contribution in [0.15, 0.2) is 0 Å². The molecule has 0 aromatic carbocycles. The van der Waals surface area contributed by atoms with Crippen molar-refractivity contribution in [1.29, 1.82) is 0 Å². The van der Waals surface area contributed by atoms with Crippen molar-refractivity contribution >= 4 is 17.7 Å². The van der Waals surface area contributed by atoms with Gasteiger partial charge in [0.1, 0.15) is 0 Å². The summed E-state index contributed by atoms with van der Waals surface area (Å²) in [5, 5.41) is 4.29. The minimum Gasteiger partial charge on any atom is -0.323 e. The predicted molar refractivity (Wildman–Crippen MR) is 82.2 cm³/mol. The molecule has 2 rings (SSSR count). The normalized spacial score (nSPS) is 36.3.